The van der Waals surface area contributed by atoms with Crippen LogP contribution in [0.2, 0.25) is 0 Å². The van der Waals surface area contributed by atoms with Crippen LogP contribution in [0.4, 0.5) is 0 Å². The Morgan fingerprint density at radius 2 is 1.44 bits per heavy atom. The molecule has 0 saturated heterocycles. The van der Waals surface area contributed by atoms with E-state index in [-0.39, 0.29) is 37.9 Å². The number of phenolic OH excluding ortho intramolecular Hbond substituents is 1. The minimum absolute atomic E-state index is 0.00516. The Labute approximate surface area is 231 Å². The second-order valence-corrected chi connectivity index (χ2v) is 9.98. The van der Waals surface area contributed by atoms with Crippen molar-refractivity contribution in [3.05, 3.63) is 29.8 Å². The summed E-state index contributed by atoms with van der Waals surface area (Å²) in [5.41, 5.74) is 11.9. The summed E-state index contributed by atoms with van der Waals surface area (Å²) < 4.78 is 0. The Kier molecular flexibility index (Phi) is 15.6. The molecule has 0 bridgehead atoms. The summed E-state index contributed by atoms with van der Waals surface area (Å²) >= 11 is 1.43. The number of rotatable bonds is 19. The van der Waals surface area contributed by atoms with Crippen LogP contribution in [0.15, 0.2) is 24.3 Å². The molecule has 0 aliphatic carbocycles. The van der Waals surface area contributed by atoms with Crippen molar-refractivity contribution in [3.8, 4) is 5.75 Å². The minimum atomic E-state index is -1.20. The molecule has 0 aliphatic heterocycles. The Hall–Kier alpha value is -3.36. The molecule has 4 atom stereocenters. The summed E-state index contributed by atoms with van der Waals surface area (Å²) in [6.07, 6.45) is 2.73. The van der Waals surface area contributed by atoms with Gasteiger partial charge in [0.2, 0.25) is 17.7 Å². The van der Waals surface area contributed by atoms with Gasteiger partial charge in [0.25, 0.3) is 0 Å². The molecule has 0 fully saturated rings. The zero-order valence-electron chi connectivity index (χ0n) is 21.9. The lowest BCUT2D eigenvalue weighted by atomic mass is 10.0. The number of amides is 3. The quantitative estimate of drug-likeness (QED) is 0.0993. The van der Waals surface area contributed by atoms with E-state index in [4.69, 9.17) is 16.6 Å². The maximum Gasteiger partial charge on any atom is 0.326 e. The minimum Gasteiger partial charge on any atom is -0.508 e. The number of carboxylic acid groups (broad SMARTS) is 2. The Balaban J connectivity index is 3.11. The average Bonchev–Trinajstić information content (AvgIpc) is 2.89. The van der Waals surface area contributed by atoms with Crippen LogP contribution in [0.25, 0.3) is 0 Å². The second-order valence-electron chi connectivity index (χ2n) is 9.00. The topological polar surface area (TPSA) is 234 Å². The summed E-state index contributed by atoms with van der Waals surface area (Å²) in [5, 5.41) is 35.5. The number of nitrogens with one attached hydrogen (secondary N) is 3. The molecule has 1 aromatic carbocycles. The second kappa shape index (κ2) is 18.0. The number of thioether (sulfide) groups is 1. The van der Waals surface area contributed by atoms with Gasteiger partial charge in [-0.15, -0.1) is 0 Å². The molecular weight excluding hydrogens is 530 g/mol. The number of carboxylic acids is 2. The summed E-state index contributed by atoms with van der Waals surface area (Å²) in [4.78, 5) is 61.5. The maximum atomic E-state index is 13.3. The lowest BCUT2D eigenvalue weighted by Gasteiger charge is -2.25. The van der Waals surface area contributed by atoms with E-state index in [9.17, 15) is 34.2 Å². The van der Waals surface area contributed by atoms with Crippen LogP contribution in [-0.2, 0) is 30.4 Å². The van der Waals surface area contributed by atoms with E-state index in [2.05, 4.69) is 16.0 Å². The number of hydrogen-bond donors (Lipinski definition) is 8. The molecule has 0 saturated carbocycles. The van der Waals surface area contributed by atoms with Crippen molar-refractivity contribution in [1.29, 1.82) is 0 Å². The molecule has 14 heteroatoms. The van der Waals surface area contributed by atoms with Crippen molar-refractivity contribution in [3.63, 3.8) is 0 Å². The van der Waals surface area contributed by atoms with Gasteiger partial charge in [0, 0.05) is 12.8 Å². The van der Waals surface area contributed by atoms with Gasteiger partial charge in [-0.1, -0.05) is 12.1 Å². The third-order valence-electron chi connectivity index (χ3n) is 5.82. The molecule has 1 aromatic rings. The number of phenols is 1. The van der Waals surface area contributed by atoms with Crippen LogP contribution < -0.4 is 27.4 Å². The SMILES string of the molecule is CSCCC(NC(=O)C(CCCCN)NC(=O)C(Cc1ccc(O)cc1)NC(=O)C(N)CCC(=O)O)C(=O)O. The van der Waals surface area contributed by atoms with Gasteiger partial charge in [0.15, 0.2) is 0 Å². The number of hydrogen-bond acceptors (Lipinski definition) is 9. The highest BCUT2D eigenvalue weighted by atomic mass is 32.2. The molecule has 1 rings (SSSR count). The average molecular weight is 570 g/mol. The van der Waals surface area contributed by atoms with Gasteiger partial charge in [-0.25, -0.2) is 4.79 Å². The molecule has 39 heavy (non-hydrogen) atoms. The lowest BCUT2D eigenvalue weighted by molar-refractivity contribution is -0.142. The largest absolute Gasteiger partial charge is 0.508 e. The fourth-order valence-corrected chi connectivity index (χ4v) is 4.04. The third kappa shape index (κ3) is 13.3. The summed E-state index contributed by atoms with van der Waals surface area (Å²) in [6, 6.07) is 1.31. The monoisotopic (exact) mass is 569 g/mol. The first kappa shape index (κ1) is 33.7. The van der Waals surface area contributed by atoms with Crippen molar-refractivity contribution in [1.82, 2.24) is 16.0 Å². The van der Waals surface area contributed by atoms with Crippen molar-refractivity contribution in [2.45, 2.75) is 69.1 Å². The highest BCUT2D eigenvalue weighted by Crippen LogP contribution is 2.13. The van der Waals surface area contributed by atoms with E-state index in [1.54, 1.807) is 12.1 Å². The van der Waals surface area contributed by atoms with E-state index < -0.39 is 53.8 Å². The number of aliphatic carboxylic acids is 2. The highest BCUT2D eigenvalue weighted by Gasteiger charge is 2.30. The van der Waals surface area contributed by atoms with Crippen molar-refractivity contribution < 1.29 is 39.3 Å². The van der Waals surface area contributed by atoms with Crippen LogP contribution in [-0.4, -0.2) is 87.7 Å². The van der Waals surface area contributed by atoms with Crippen molar-refractivity contribution >= 4 is 41.4 Å². The smallest absolute Gasteiger partial charge is 0.326 e. The molecule has 13 nitrogen and oxygen atoms in total. The molecule has 0 aromatic heterocycles. The van der Waals surface area contributed by atoms with Gasteiger partial charge < -0.3 is 42.7 Å². The normalized spacial score (nSPS) is 13.9. The number of unbranched alkanes of at least 4 members (excludes halogenated alkanes) is 1. The van der Waals surface area contributed by atoms with Crippen LogP contribution in [0.5, 0.6) is 5.75 Å². The van der Waals surface area contributed by atoms with Gasteiger partial charge in [-0.05, 0) is 68.4 Å². The molecule has 3 amide bonds. The maximum absolute atomic E-state index is 13.3. The van der Waals surface area contributed by atoms with Crippen molar-refractivity contribution in [2.75, 3.05) is 18.6 Å². The number of benzene rings is 1. The summed E-state index contributed by atoms with van der Waals surface area (Å²) in [5.74, 6) is -3.96. The number of aromatic hydroxyl groups is 1. The van der Waals surface area contributed by atoms with Gasteiger partial charge in [-0.3, -0.25) is 19.2 Å². The highest BCUT2D eigenvalue weighted by molar-refractivity contribution is 7.98. The Bertz CT molecular complexity index is 962. The van der Waals surface area contributed by atoms with E-state index in [0.29, 0.717) is 30.7 Å². The van der Waals surface area contributed by atoms with Crippen LogP contribution in [0.3, 0.4) is 0 Å². The van der Waals surface area contributed by atoms with E-state index in [0.717, 1.165) is 0 Å². The number of carbonyl (C=O) groups is 5. The first-order valence-corrected chi connectivity index (χ1v) is 14.0. The predicted octanol–water partition coefficient (Wildman–Crippen LogP) is -0.452. The van der Waals surface area contributed by atoms with Gasteiger partial charge in [-0.2, -0.15) is 11.8 Å². The van der Waals surface area contributed by atoms with E-state index in [1.807, 2.05) is 6.26 Å². The van der Waals surface area contributed by atoms with Gasteiger partial charge in [0.05, 0.1) is 6.04 Å². The first-order chi connectivity index (χ1) is 18.5. The molecule has 0 aliphatic rings. The number of carbonyl (C=O) groups excluding carboxylic acids is 3. The predicted molar refractivity (Wildman–Crippen MR) is 146 cm³/mol. The van der Waals surface area contributed by atoms with Crippen molar-refractivity contribution in [2.24, 2.45) is 11.5 Å². The van der Waals surface area contributed by atoms with Gasteiger partial charge in [0.1, 0.15) is 23.9 Å². The first-order valence-electron chi connectivity index (χ1n) is 12.6. The van der Waals surface area contributed by atoms with Crippen LogP contribution >= 0.6 is 11.8 Å². The summed E-state index contributed by atoms with van der Waals surface area (Å²) in [6.45, 7) is 0.363. The molecular formula is C25H39N5O8S. The molecule has 0 heterocycles. The lowest BCUT2D eigenvalue weighted by Crippen LogP contribution is -2.57. The van der Waals surface area contributed by atoms with Gasteiger partial charge >= 0.3 is 11.9 Å². The Morgan fingerprint density at radius 3 is 2.00 bits per heavy atom. The molecule has 0 radical (unpaired) electrons. The zero-order valence-corrected chi connectivity index (χ0v) is 22.7. The molecule has 10 N–H and O–H groups in total. The molecule has 4 unspecified atom stereocenters. The van der Waals surface area contributed by atoms with E-state index in [1.165, 1.54) is 23.9 Å². The fraction of sp³-hybridized carbons (Fsp3) is 0.560. The summed E-state index contributed by atoms with van der Waals surface area (Å²) in [7, 11) is 0. The Morgan fingerprint density at radius 1 is 0.846 bits per heavy atom. The molecule has 0 spiro atoms. The number of nitrogens with two attached hydrogens (primary N) is 2. The fourth-order valence-electron chi connectivity index (χ4n) is 3.57. The van der Waals surface area contributed by atoms with Crippen LogP contribution in [0.1, 0.15) is 44.1 Å². The van der Waals surface area contributed by atoms with Crippen LogP contribution in [0, 0.1) is 0 Å². The van der Waals surface area contributed by atoms with E-state index >= 15 is 0 Å². The zero-order chi connectivity index (χ0) is 29.4. The third-order valence-corrected chi connectivity index (χ3v) is 6.46. The standard InChI is InChI=1S/C25H39N5O8S/c1-39-13-11-19(25(37)38)29-23(35)18(4-2-3-12-26)28-24(36)20(14-15-5-7-16(31)8-6-15)30-22(34)17(27)9-10-21(32)33/h5-8,17-20,31H,2-4,9-14,26-27H2,1H3,(H,28,36)(H,29,35)(H,30,34)(H,32,33)(H,37,38). The molecule has 218 valence electrons.